The van der Waals surface area contributed by atoms with Crippen LogP contribution in [-0.2, 0) is 9.59 Å². The molecule has 0 bridgehead atoms. The first-order chi connectivity index (χ1) is 16.6. The van der Waals surface area contributed by atoms with Gasteiger partial charge in [-0.1, -0.05) is 30.0 Å². The van der Waals surface area contributed by atoms with Gasteiger partial charge in [0.25, 0.3) is 11.8 Å². The molecule has 0 spiro atoms. The van der Waals surface area contributed by atoms with Crippen LogP contribution >= 0.6 is 23.5 Å². The number of amides is 3. The molecule has 2 aromatic rings. The zero-order chi connectivity index (χ0) is 23.5. The highest BCUT2D eigenvalue weighted by atomic mass is 32.2. The fourth-order valence-electron chi connectivity index (χ4n) is 4.37. The SMILES string of the molecule is O=C(C[C@@H]1SC(N2CCCC2)=NC1=O)Nc1ccc(C(=O)N[C@@H]2CCSc3ccccc32)cc1. The third-order valence-electron chi connectivity index (χ3n) is 6.17. The van der Waals surface area contributed by atoms with Gasteiger partial charge in [0.1, 0.15) is 5.25 Å². The van der Waals surface area contributed by atoms with Gasteiger partial charge in [-0.15, -0.1) is 11.8 Å². The van der Waals surface area contributed by atoms with E-state index in [-0.39, 0.29) is 30.2 Å². The first-order valence-electron chi connectivity index (χ1n) is 11.5. The molecule has 0 aliphatic carbocycles. The number of thioether (sulfide) groups is 2. The molecule has 1 fully saturated rings. The lowest BCUT2D eigenvalue weighted by atomic mass is 10.0. The number of fused-ring (bicyclic) bond motifs is 1. The summed E-state index contributed by atoms with van der Waals surface area (Å²) >= 11 is 3.20. The second-order valence-electron chi connectivity index (χ2n) is 8.56. The maximum Gasteiger partial charge on any atom is 0.262 e. The molecule has 9 heteroatoms. The van der Waals surface area contributed by atoms with Gasteiger partial charge >= 0.3 is 0 Å². The van der Waals surface area contributed by atoms with E-state index in [1.165, 1.54) is 16.7 Å². The van der Waals surface area contributed by atoms with E-state index in [9.17, 15) is 14.4 Å². The van der Waals surface area contributed by atoms with Crippen LogP contribution < -0.4 is 10.6 Å². The van der Waals surface area contributed by atoms with Crippen LogP contribution in [0.1, 0.15) is 47.6 Å². The summed E-state index contributed by atoms with van der Waals surface area (Å²) in [6.07, 6.45) is 3.19. The largest absolute Gasteiger partial charge is 0.351 e. The first-order valence-corrected chi connectivity index (χ1v) is 13.4. The Bertz CT molecular complexity index is 1130. The fraction of sp³-hybridized carbons (Fsp3) is 0.360. The zero-order valence-electron chi connectivity index (χ0n) is 18.7. The highest BCUT2D eigenvalue weighted by Gasteiger charge is 2.33. The number of likely N-dealkylation sites (tertiary alicyclic amines) is 1. The Kier molecular flexibility index (Phi) is 6.92. The maximum absolute atomic E-state index is 12.8. The Morgan fingerprint density at radius 3 is 2.62 bits per heavy atom. The van der Waals surface area contributed by atoms with Crippen molar-refractivity contribution in [2.45, 2.75) is 41.9 Å². The van der Waals surface area contributed by atoms with Gasteiger partial charge in [0.15, 0.2) is 5.17 Å². The van der Waals surface area contributed by atoms with E-state index in [0.717, 1.165) is 48.8 Å². The molecule has 7 nitrogen and oxygen atoms in total. The summed E-state index contributed by atoms with van der Waals surface area (Å²) in [7, 11) is 0. The number of amidine groups is 1. The van der Waals surface area contributed by atoms with E-state index >= 15 is 0 Å². The van der Waals surface area contributed by atoms with Crippen molar-refractivity contribution in [3.05, 3.63) is 59.7 Å². The molecular weight excluding hydrogens is 468 g/mol. The van der Waals surface area contributed by atoms with Crippen LogP contribution in [0.5, 0.6) is 0 Å². The van der Waals surface area contributed by atoms with Crippen molar-refractivity contribution in [1.82, 2.24) is 10.2 Å². The number of anilines is 1. The minimum absolute atomic E-state index is 0.00144. The summed E-state index contributed by atoms with van der Waals surface area (Å²) in [5.74, 6) is 0.359. The maximum atomic E-state index is 12.8. The Balaban J connectivity index is 1.14. The van der Waals surface area contributed by atoms with E-state index in [4.69, 9.17) is 0 Å². The number of carbonyl (C=O) groups is 3. The average molecular weight is 495 g/mol. The number of hydrogen-bond donors (Lipinski definition) is 2. The quantitative estimate of drug-likeness (QED) is 0.651. The second-order valence-corrected chi connectivity index (χ2v) is 10.9. The fourth-order valence-corrected chi connectivity index (χ4v) is 6.61. The van der Waals surface area contributed by atoms with Gasteiger partial charge in [-0.05, 0) is 55.2 Å². The van der Waals surface area contributed by atoms with E-state index in [1.54, 1.807) is 24.3 Å². The highest BCUT2D eigenvalue weighted by molar-refractivity contribution is 8.15. The Labute approximate surface area is 207 Å². The molecule has 176 valence electrons. The third kappa shape index (κ3) is 5.15. The van der Waals surface area contributed by atoms with Crippen molar-refractivity contribution in [2.75, 3.05) is 24.2 Å². The molecule has 0 radical (unpaired) electrons. The van der Waals surface area contributed by atoms with E-state index in [0.29, 0.717) is 11.3 Å². The normalized spacial score (nSPS) is 21.7. The Hall–Kier alpha value is -2.78. The Morgan fingerprint density at radius 1 is 1.06 bits per heavy atom. The van der Waals surface area contributed by atoms with E-state index < -0.39 is 5.25 Å². The molecule has 3 aliphatic rings. The van der Waals surface area contributed by atoms with E-state index in [2.05, 4.69) is 32.7 Å². The standard InChI is InChI=1S/C25H26N4O3S2/c30-22(15-21-24(32)28-25(34-21)29-12-3-4-13-29)26-17-9-7-16(8-10-17)23(31)27-19-11-14-33-20-6-2-1-5-18(19)20/h1-2,5-10,19,21H,3-4,11-15H2,(H,26,30)(H,27,31)/t19-,21+/m1/s1. The number of nitrogens with one attached hydrogen (secondary N) is 2. The molecule has 0 aromatic heterocycles. The number of hydrogen-bond acceptors (Lipinski definition) is 6. The molecule has 1 saturated heterocycles. The van der Waals surface area contributed by atoms with Gasteiger partial charge in [0, 0.05) is 41.4 Å². The van der Waals surface area contributed by atoms with Gasteiger partial charge in [-0.3, -0.25) is 14.4 Å². The van der Waals surface area contributed by atoms with Crippen LogP contribution in [0, 0.1) is 0 Å². The average Bonchev–Trinajstić information content (AvgIpc) is 3.50. The van der Waals surface area contributed by atoms with Gasteiger partial charge in [0.2, 0.25) is 5.91 Å². The summed E-state index contributed by atoms with van der Waals surface area (Å²) < 4.78 is 0. The third-order valence-corrected chi connectivity index (χ3v) is 8.51. The lowest BCUT2D eigenvalue weighted by molar-refractivity contribution is -0.121. The molecule has 3 amide bonds. The predicted molar refractivity (Wildman–Crippen MR) is 136 cm³/mol. The predicted octanol–water partition coefficient (Wildman–Crippen LogP) is 4.08. The lowest BCUT2D eigenvalue weighted by Gasteiger charge is -2.25. The zero-order valence-corrected chi connectivity index (χ0v) is 20.3. The summed E-state index contributed by atoms with van der Waals surface area (Å²) in [5.41, 5.74) is 2.29. The summed E-state index contributed by atoms with van der Waals surface area (Å²) in [5, 5.41) is 6.24. The number of benzene rings is 2. The van der Waals surface area contributed by atoms with Crippen molar-refractivity contribution >= 4 is 52.1 Å². The number of rotatable bonds is 5. The van der Waals surface area contributed by atoms with Gasteiger partial charge in [-0.2, -0.15) is 4.99 Å². The highest BCUT2D eigenvalue weighted by Crippen LogP contribution is 2.36. The second kappa shape index (κ2) is 10.2. The monoisotopic (exact) mass is 494 g/mol. The molecule has 2 atom stereocenters. The molecule has 3 heterocycles. The smallest absolute Gasteiger partial charge is 0.262 e. The minimum atomic E-state index is -0.475. The molecule has 0 unspecified atom stereocenters. The van der Waals surface area contributed by atoms with Gasteiger partial charge < -0.3 is 15.5 Å². The van der Waals surface area contributed by atoms with Crippen molar-refractivity contribution in [1.29, 1.82) is 0 Å². The summed E-state index contributed by atoms with van der Waals surface area (Å²) in [4.78, 5) is 45.0. The van der Waals surface area contributed by atoms with Crippen LogP contribution in [0.15, 0.2) is 58.4 Å². The van der Waals surface area contributed by atoms with Crippen LogP contribution in [0.3, 0.4) is 0 Å². The molecular formula is C25H26N4O3S2. The topological polar surface area (TPSA) is 90.9 Å². The van der Waals surface area contributed by atoms with Crippen molar-refractivity contribution in [3.63, 3.8) is 0 Å². The van der Waals surface area contributed by atoms with Crippen LogP contribution in [-0.4, -0.2) is 51.9 Å². The number of nitrogens with zero attached hydrogens (tertiary/aromatic N) is 2. The summed E-state index contributed by atoms with van der Waals surface area (Å²) in [6, 6.07) is 15.0. The molecule has 0 saturated carbocycles. The van der Waals surface area contributed by atoms with E-state index in [1.807, 2.05) is 23.9 Å². The molecule has 3 aliphatic heterocycles. The van der Waals surface area contributed by atoms with Crippen LogP contribution in [0.4, 0.5) is 5.69 Å². The first kappa shape index (κ1) is 23.0. The molecule has 34 heavy (non-hydrogen) atoms. The van der Waals surface area contributed by atoms with Crippen LogP contribution in [0.25, 0.3) is 0 Å². The van der Waals surface area contributed by atoms with Crippen molar-refractivity contribution in [2.24, 2.45) is 4.99 Å². The van der Waals surface area contributed by atoms with Crippen LogP contribution in [0.2, 0.25) is 0 Å². The van der Waals surface area contributed by atoms with Gasteiger partial charge in [-0.25, -0.2) is 0 Å². The molecule has 2 N–H and O–H groups in total. The van der Waals surface area contributed by atoms with Crippen molar-refractivity contribution in [3.8, 4) is 0 Å². The minimum Gasteiger partial charge on any atom is -0.351 e. The Morgan fingerprint density at radius 2 is 1.82 bits per heavy atom. The number of aliphatic imine (C=N–C) groups is 1. The molecule has 2 aromatic carbocycles. The van der Waals surface area contributed by atoms with Crippen molar-refractivity contribution < 1.29 is 14.4 Å². The number of carbonyl (C=O) groups excluding carboxylic acids is 3. The molecule has 5 rings (SSSR count). The lowest BCUT2D eigenvalue weighted by Crippen LogP contribution is -2.30. The van der Waals surface area contributed by atoms with Gasteiger partial charge in [0.05, 0.1) is 6.04 Å². The summed E-state index contributed by atoms with van der Waals surface area (Å²) in [6.45, 7) is 1.84.